The number of hydrogen-bond acceptors (Lipinski definition) is 5. The van der Waals surface area contributed by atoms with Crippen molar-refractivity contribution < 1.29 is 4.39 Å². The van der Waals surface area contributed by atoms with Crippen molar-refractivity contribution in [2.24, 2.45) is 5.92 Å². The van der Waals surface area contributed by atoms with E-state index in [1.54, 1.807) is 18.3 Å². The Bertz CT molecular complexity index is 1590. The third-order valence-electron chi connectivity index (χ3n) is 7.97. The van der Waals surface area contributed by atoms with Crippen LogP contribution in [0.15, 0.2) is 54.9 Å². The molecule has 8 heteroatoms. The van der Waals surface area contributed by atoms with Crippen LogP contribution in [0.1, 0.15) is 18.4 Å². The van der Waals surface area contributed by atoms with Crippen LogP contribution in [0.5, 0.6) is 0 Å². The highest BCUT2D eigenvalue weighted by Crippen LogP contribution is 2.38. The Hall–Kier alpha value is -3.78. The second-order valence-electron chi connectivity index (χ2n) is 10.2. The number of aromatic nitrogens is 5. The van der Waals surface area contributed by atoms with Gasteiger partial charge in [-0.25, -0.2) is 18.9 Å². The summed E-state index contributed by atoms with van der Waals surface area (Å²) in [5, 5.41) is 6.19. The van der Waals surface area contributed by atoms with Gasteiger partial charge in [-0.15, -0.1) is 5.10 Å². The lowest BCUT2D eigenvalue weighted by molar-refractivity contribution is 0.158. The second-order valence-corrected chi connectivity index (χ2v) is 10.2. The molecule has 0 amide bonds. The number of nitrogens with zero attached hydrogens (tertiary/aromatic N) is 6. The second kappa shape index (κ2) is 8.13. The summed E-state index contributed by atoms with van der Waals surface area (Å²) in [6, 6.07) is 13.3. The van der Waals surface area contributed by atoms with E-state index in [1.807, 2.05) is 22.8 Å². The number of anilines is 1. The molecule has 6 heterocycles. The lowest BCUT2D eigenvalue weighted by Crippen LogP contribution is -2.42. The molecule has 182 valence electrons. The van der Waals surface area contributed by atoms with Crippen molar-refractivity contribution in [3.05, 3.63) is 66.2 Å². The number of aromatic amines is 1. The minimum Gasteiger partial charge on any atom is -0.353 e. The molecule has 7 rings (SSSR count). The van der Waals surface area contributed by atoms with Crippen molar-refractivity contribution in [3.63, 3.8) is 0 Å². The first kappa shape index (κ1) is 21.5. The first-order valence-electron chi connectivity index (χ1n) is 12.6. The van der Waals surface area contributed by atoms with Crippen LogP contribution in [0.25, 0.3) is 39.2 Å². The van der Waals surface area contributed by atoms with Crippen LogP contribution < -0.4 is 4.90 Å². The molecule has 4 aromatic heterocycles. The Morgan fingerprint density at radius 2 is 1.94 bits per heavy atom. The fourth-order valence-corrected chi connectivity index (χ4v) is 6.12. The van der Waals surface area contributed by atoms with Crippen molar-refractivity contribution in [2.45, 2.75) is 25.8 Å². The molecule has 0 radical (unpaired) electrons. The van der Waals surface area contributed by atoms with Gasteiger partial charge >= 0.3 is 0 Å². The molecule has 0 unspecified atom stereocenters. The van der Waals surface area contributed by atoms with Crippen molar-refractivity contribution in [3.8, 4) is 22.5 Å². The molecule has 36 heavy (non-hydrogen) atoms. The predicted octanol–water partition coefficient (Wildman–Crippen LogP) is 4.92. The SMILES string of the molecule is Cc1cc(N2C[C@H]3CCCN(C)[C@H]3C2)nn2c(-c3ccnc4[nH]ccc34)c(-c3ccc(F)cc3)nc12. The minimum atomic E-state index is -0.266. The molecule has 2 fully saturated rings. The number of hydrogen-bond donors (Lipinski definition) is 1. The van der Waals surface area contributed by atoms with E-state index in [1.165, 1.54) is 31.5 Å². The van der Waals surface area contributed by atoms with E-state index in [0.29, 0.717) is 12.0 Å². The number of likely N-dealkylation sites (tertiary alicyclic amines) is 1. The Kier molecular flexibility index (Phi) is 4.86. The number of likely N-dealkylation sites (N-methyl/N-ethyl adjacent to an activating group) is 1. The van der Waals surface area contributed by atoms with E-state index in [-0.39, 0.29) is 5.82 Å². The van der Waals surface area contributed by atoms with E-state index >= 15 is 0 Å². The number of nitrogens with one attached hydrogen (secondary N) is 1. The van der Waals surface area contributed by atoms with Gasteiger partial charge in [0.05, 0.1) is 5.69 Å². The number of piperidine rings is 1. The van der Waals surface area contributed by atoms with E-state index in [9.17, 15) is 4.39 Å². The van der Waals surface area contributed by atoms with Crippen molar-refractivity contribution in [1.82, 2.24) is 29.5 Å². The molecule has 5 aromatic rings. The van der Waals surface area contributed by atoms with Crippen LogP contribution in [0.4, 0.5) is 10.2 Å². The molecule has 2 aliphatic heterocycles. The number of fused-ring (bicyclic) bond motifs is 3. The first-order valence-corrected chi connectivity index (χ1v) is 12.6. The highest BCUT2D eigenvalue weighted by molar-refractivity contribution is 5.97. The molecule has 7 nitrogen and oxygen atoms in total. The molecule has 2 aliphatic rings. The number of rotatable bonds is 3. The summed E-state index contributed by atoms with van der Waals surface area (Å²) in [4.78, 5) is 17.7. The van der Waals surface area contributed by atoms with Gasteiger partial charge in [-0.05, 0) is 87.3 Å². The van der Waals surface area contributed by atoms with Crippen LogP contribution >= 0.6 is 0 Å². The maximum absolute atomic E-state index is 13.8. The highest BCUT2D eigenvalue weighted by Gasteiger charge is 2.38. The van der Waals surface area contributed by atoms with Crippen LogP contribution in [-0.4, -0.2) is 62.2 Å². The zero-order valence-electron chi connectivity index (χ0n) is 20.4. The Labute approximate surface area is 208 Å². The van der Waals surface area contributed by atoms with Gasteiger partial charge in [0.25, 0.3) is 0 Å². The van der Waals surface area contributed by atoms with Gasteiger partial charge in [-0.2, -0.15) is 0 Å². The maximum Gasteiger partial charge on any atom is 0.158 e. The molecule has 2 saturated heterocycles. The molecular weight excluding hydrogens is 453 g/mol. The molecule has 1 aromatic carbocycles. The standard InChI is InChI=1S/C28H28FN7/c1-17-14-24(35-15-19-4-3-13-34(2)23(19)16-35)33-36-26(21-9-11-30-27-22(21)10-12-31-27)25(32-28(17)36)18-5-7-20(29)8-6-18/h5-12,14,19,23H,3-4,13,15-16H2,1-2H3,(H,30,31)/t19-,23+/m1/s1. The molecule has 2 atom stereocenters. The van der Waals surface area contributed by atoms with Crippen molar-refractivity contribution in [1.29, 1.82) is 0 Å². The third kappa shape index (κ3) is 3.32. The Balaban J connectivity index is 1.44. The van der Waals surface area contributed by atoms with Crippen LogP contribution in [0.3, 0.4) is 0 Å². The summed E-state index contributed by atoms with van der Waals surface area (Å²) in [6.45, 7) is 5.28. The third-order valence-corrected chi connectivity index (χ3v) is 7.97. The maximum atomic E-state index is 13.8. The minimum absolute atomic E-state index is 0.266. The first-order chi connectivity index (χ1) is 17.6. The lowest BCUT2D eigenvalue weighted by atomic mass is 9.93. The van der Waals surface area contributed by atoms with Crippen LogP contribution in [0.2, 0.25) is 0 Å². The quantitative estimate of drug-likeness (QED) is 0.396. The number of pyridine rings is 1. The topological polar surface area (TPSA) is 65.3 Å². The monoisotopic (exact) mass is 481 g/mol. The molecular formula is C28H28FN7. The average molecular weight is 482 g/mol. The molecule has 0 spiro atoms. The van der Waals surface area contributed by atoms with E-state index in [0.717, 1.165) is 63.7 Å². The van der Waals surface area contributed by atoms with Gasteiger partial charge < -0.3 is 14.8 Å². The van der Waals surface area contributed by atoms with E-state index in [2.05, 4.69) is 39.8 Å². The molecule has 0 saturated carbocycles. The van der Waals surface area contributed by atoms with E-state index < -0.39 is 0 Å². The molecule has 0 bridgehead atoms. The van der Waals surface area contributed by atoms with Gasteiger partial charge in [0.1, 0.15) is 23.0 Å². The summed E-state index contributed by atoms with van der Waals surface area (Å²) in [6.07, 6.45) is 6.24. The smallest absolute Gasteiger partial charge is 0.158 e. The Morgan fingerprint density at radius 1 is 1.08 bits per heavy atom. The van der Waals surface area contributed by atoms with Gasteiger partial charge in [0.15, 0.2) is 5.65 Å². The normalized spacial score (nSPS) is 20.5. The summed E-state index contributed by atoms with van der Waals surface area (Å²) in [5.74, 6) is 1.39. The zero-order valence-corrected chi connectivity index (χ0v) is 20.4. The largest absolute Gasteiger partial charge is 0.353 e. The fourth-order valence-electron chi connectivity index (χ4n) is 6.12. The fraction of sp³-hybridized carbons (Fsp3) is 0.321. The van der Waals surface area contributed by atoms with Gasteiger partial charge in [-0.3, -0.25) is 0 Å². The number of imidazole rings is 1. The van der Waals surface area contributed by atoms with Gasteiger partial charge in [-0.1, -0.05) is 0 Å². The average Bonchev–Trinajstić information content (AvgIpc) is 3.61. The number of halogens is 1. The summed E-state index contributed by atoms with van der Waals surface area (Å²) in [5.41, 5.74) is 6.21. The predicted molar refractivity (Wildman–Crippen MR) is 140 cm³/mol. The van der Waals surface area contributed by atoms with E-state index in [4.69, 9.17) is 10.1 Å². The summed E-state index contributed by atoms with van der Waals surface area (Å²) < 4.78 is 15.8. The van der Waals surface area contributed by atoms with Gasteiger partial charge in [0.2, 0.25) is 0 Å². The summed E-state index contributed by atoms with van der Waals surface area (Å²) >= 11 is 0. The van der Waals surface area contributed by atoms with Crippen molar-refractivity contribution in [2.75, 3.05) is 31.6 Å². The molecule has 1 N–H and O–H groups in total. The summed E-state index contributed by atoms with van der Waals surface area (Å²) in [7, 11) is 2.25. The number of H-pyrrole nitrogens is 1. The number of benzene rings is 1. The van der Waals surface area contributed by atoms with Crippen molar-refractivity contribution >= 4 is 22.5 Å². The van der Waals surface area contributed by atoms with Gasteiger partial charge in [0, 0.05) is 48.0 Å². The van der Waals surface area contributed by atoms with Crippen LogP contribution in [-0.2, 0) is 0 Å². The van der Waals surface area contributed by atoms with Crippen LogP contribution in [0, 0.1) is 18.7 Å². The molecule has 0 aliphatic carbocycles. The zero-order chi connectivity index (χ0) is 24.4. The number of aryl methyl sites for hydroxylation is 1. The lowest BCUT2D eigenvalue weighted by Gasteiger charge is -2.33. The highest BCUT2D eigenvalue weighted by atomic mass is 19.1. The Morgan fingerprint density at radius 3 is 2.78 bits per heavy atom.